The highest BCUT2D eigenvalue weighted by Crippen LogP contribution is 2.77. The van der Waals surface area contributed by atoms with Crippen LogP contribution in [-0.4, -0.2) is 0 Å². The van der Waals surface area contributed by atoms with Crippen LogP contribution in [0.1, 0.15) is 185 Å². The summed E-state index contributed by atoms with van der Waals surface area (Å²) in [5.74, 6) is 17.2. The van der Waals surface area contributed by atoms with Crippen molar-refractivity contribution < 1.29 is 0 Å². The molecule has 0 aromatic carbocycles. The van der Waals surface area contributed by atoms with Crippen LogP contribution >= 0.6 is 0 Å². The summed E-state index contributed by atoms with van der Waals surface area (Å²) in [5.41, 5.74) is 3.44. The van der Waals surface area contributed by atoms with Crippen LogP contribution < -0.4 is 0 Å². The normalized spacial score (nSPS) is 58.1. The van der Waals surface area contributed by atoms with Crippen molar-refractivity contribution in [3.05, 3.63) is 0 Å². The molecule has 0 nitrogen and oxygen atoms in total. The Morgan fingerprint density at radius 2 is 0.784 bits per heavy atom. The predicted octanol–water partition coefficient (Wildman–Crippen LogP) is 14.4. The van der Waals surface area contributed by atoms with Crippen molar-refractivity contribution in [3.63, 3.8) is 0 Å². The summed E-state index contributed by atoms with van der Waals surface area (Å²) in [4.78, 5) is 0. The third kappa shape index (κ3) is 4.99. The predicted molar refractivity (Wildman–Crippen MR) is 215 cm³/mol. The molecule has 288 valence electrons. The van der Waals surface area contributed by atoms with E-state index in [0.29, 0.717) is 27.1 Å². The number of hydrogen-bond acceptors (Lipinski definition) is 0. The van der Waals surface area contributed by atoms with Gasteiger partial charge in [-0.1, -0.05) is 76.2 Å². The topological polar surface area (TPSA) is 0 Å². The highest BCUT2D eigenvalue weighted by molar-refractivity contribution is 5.19. The van der Waals surface area contributed by atoms with Crippen molar-refractivity contribution in [2.45, 2.75) is 185 Å². The lowest BCUT2D eigenvalue weighted by atomic mass is 9.45. The standard InChI is InChI=1S/C51H84/c1-29(2)39-28-50(11,40-20-33(19-36(39)40)51-25-30-16-31(26-51)18-32(17-30)27-51)45-37-23-43-41(46(3,4)12-14-48(43,7)8)21-34(37)35-22-42-44(24-38(35)45)49(9,10)15-13-47(42,5)6/h29-45H,12-28H2,1-11H3/t30?,31?,32?,33?,34?,35?,36?,37?,38?,39-,40?,41?,42?,43?,44?,45?,50?,51?/m1/s1. The smallest absolute Gasteiger partial charge is 0.0258 e. The van der Waals surface area contributed by atoms with Gasteiger partial charge in [0, 0.05) is 0 Å². The second-order valence-corrected chi connectivity index (χ2v) is 26.8. The van der Waals surface area contributed by atoms with Crippen LogP contribution in [0.2, 0.25) is 0 Å². The van der Waals surface area contributed by atoms with Gasteiger partial charge in [0.15, 0.2) is 0 Å². The van der Waals surface area contributed by atoms with Crippen molar-refractivity contribution in [1.82, 2.24) is 0 Å². The lowest BCUT2D eigenvalue weighted by Crippen LogP contribution is -2.51. The molecule has 0 radical (unpaired) electrons. The summed E-state index contributed by atoms with van der Waals surface area (Å²) in [6.45, 7) is 30.1. The lowest BCUT2D eigenvalue weighted by Gasteiger charge is -2.60. The van der Waals surface area contributed by atoms with Crippen molar-refractivity contribution in [1.29, 1.82) is 0 Å². The van der Waals surface area contributed by atoms with E-state index in [2.05, 4.69) is 76.2 Å². The number of rotatable bonds is 3. The molecular formula is C51H84. The minimum absolute atomic E-state index is 0.526. The number of hydrogen-bond donors (Lipinski definition) is 0. The summed E-state index contributed by atoms with van der Waals surface area (Å²) in [7, 11) is 0. The van der Waals surface area contributed by atoms with E-state index >= 15 is 0 Å². The van der Waals surface area contributed by atoms with E-state index in [9.17, 15) is 0 Å². The molecular weight excluding hydrogens is 613 g/mol. The van der Waals surface area contributed by atoms with Gasteiger partial charge in [0.1, 0.15) is 0 Å². The molecule has 0 heterocycles. The van der Waals surface area contributed by atoms with E-state index in [0.717, 1.165) is 106 Å². The van der Waals surface area contributed by atoms with Crippen molar-refractivity contribution in [3.8, 4) is 0 Å². The SMILES string of the molecule is CC(C)[C@H]1CC(C)(C2C3CC4C(CC3C3CC5C(CC32)C(C)(C)CCC5(C)C)C(C)(C)CCC4(C)C)C2CC(C34CC5CC(CC(C5)C3)C4)CC21. The van der Waals surface area contributed by atoms with Crippen molar-refractivity contribution >= 4 is 0 Å². The summed E-state index contributed by atoms with van der Waals surface area (Å²) in [6.07, 6.45) is 26.9. The molecule has 0 spiro atoms. The van der Waals surface area contributed by atoms with Crippen LogP contribution in [0, 0.1) is 133 Å². The first-order chi connectivity index (χ1) is 23.8. The van der Waals surface area contributed by atoms with Gasteiger partial charge in [-0.25, -0.2) is 0 Å². The Morgan fingerprint density at radius 1 is 0.392 bits per heavy atom. The van der Waals surface area contributed by atoms with Gasteiger partial charge in [-0.05, 0) is 242 Å². The minimum Gasteiger partial charge on any atom is -0.0625 e. The molecule has 11 fully saturated rings. The summed E-state index contributed by atoms with van der Waals surface area (Å²) >= 11 is 0. The van der Waals surface area contributed by atoms with E-state index in [1.165, 1.54) is 25.7 Å². The van der Waals surface area contributed by atoms with Gasteiger partial charge < -0.3 is 0 Å². The second-order valence-electron chi connectivity index (χ2n) is 26.8. The van der Waals surface area contributed by atoms with E-state index in [4.69, 9.17) is 0 Å². The maximum Gasteiger partial charge on any atom is -0.0258 e. The highest BCUT2D eigenvalue weighted by Gasteiger charge is 2.70. The Labute approximate surface area is 317 Å². The molecule has 0 aliphatic heterocycles. The minimum atomic E-state index is 0.526. The fraction of sp³-hybridized carbons (Fsp3) is 1.00. The molecule has 0 aromatic rings. The maximum atomic E-state index is 3.03. The van der Waals surface area contributed by atoms with Crippen molar-refractivity contribution in [2.75, 3.05) is 0 Å². The molecule has 0 saturated heterocycles. The summed E-state index contributed by atoms with van der Waals surface area (Å²) in [5, 5.41) is 0. The molecule has 13 atom stereocenters. The molecule has 11 saturated carbocycles. The fourth-order valence-electron chi connectivity index (χ4n) is 20.5. The Balaban J connectivity index is 1.05. The Bertz CT molecular complexity index is 1280. The third-order valence-electron chi connectivity index (χ3n) is 22.7. The van der Waals surface area contributed by atoms with Crippen LogP contribution in [0.3, 0.4) is 0 Å². The largest absolute Gasteiger partial charge is 0.0625 e. The molecule has 11 aliphatic carbocycles. The van der Waals surface area contributed by atoms with Gasteiger partial charge in [0.25, 0.3) is 0 Å². The summed E-state index contributed by atoms with van der Waals surface area (Å²) < 4.78 is 0. The Hall–Kier alpha value is 0. The molecule has 0 aromatic heterocycles. The van der Waals surface area contributed by atoms with Gasteiger partial charge in [-0.15, -0.1) is 0 Å². The zero-order valence-electron chi connectivity index (χ0n) is 35.8. The van der Waals surface area contributed by atoms with E-state index in [-0.39, 0.29) is 0 Å². The molecule has 0 heteroatoms. The lowest BCUT2D eigenvalue weighted by molar-refractivity contribution is -0.0973. The molecule has 4 bridgehead atoms. The van der Waals surface area contributed by atoms with E-state index in [1.807, 2.05) is 0 Å². The first-order valence-corrected chi connectivity index (χ1v) is 23.8. The molecule has 51 heavy (non-hydrogen) atoms. The Kier molecular flexibility index (Phi) is 7.71. The number of fused-ring (bicyclic) bond motifs is 6. The van der Waals surface area contributed by atoms with E-state index in [1.54, 1.807) is 83.5 Å². The quantitative estimate of drug-likeness (QED) is 0.276. The molecule has 11 rings (SSSR count). The average molecular weight is 697 g/mol. The summed E-state index contributed by atoms with van der Waals surface area (Å²) in [6, 6.07) is 0. The molecule has 12 unspecified atom stereocenters. The van der Waals surface area contributed by atoms with Crippen LogP contribution in [0.4, 0.5) is 0 Å². The van der Waals surface area contributed by atoms with Gasteiger partial charge in [-0.2, -0.15) is 0 Å². The molecule has 0 amide bonds. The maximum absolute atomic E-state index is 3.03. The van der Waals surface area contributed by atoms with Gasteiger partial charge >= 0.3 is 0 Å². The third-order valence-corrected chi connectivity index (χ3v) is 22.7. The van der Waals surface area contributed by atoms with Crippen LogP contribution in [0.25, 0.3) is 0 Å². The first kappa shape index (κ1) is 35.4. The highest BCUT2D eigenvalue weighted by atomic mass is 14.7. The van der Waals surface area contributed by atoms with Crippen molar-refractivity contribution in [2.24, 2.45) is 133 Å². The Morgan fingerprint density at radius 3 is 1.18 bits per heavy atom. The van der Waals surface area contributed by atoms with Crippen LogP contribution in [0.5, 0.6) is 0 Å². The van der Waals surface area contributed by atoms with E-state index < -0.39 is 0 Å². The zero-order chi connectivity index (χ0) is 35.8. The zero-order valence-corrected chi connectivity index (χ0v) is 35.8. The first-order valence-electron chi connectivity index (χ1n) is 23.8. The molecule has 0 N–H and O–H groups in total. The molecule has 11 aliphatic rings. The van der Waals surface area contributed by atoms with Crippen LogP contribution in [-0.2, 0) is 0 Å². The fourth-order valence-corrected chi connectivity index (χ4v) is 20.5. The average Bonchev–Trinajstić information content (AvgIpc) is 3.71. The van der Waals surface area contributed by atoms with Gasteiger partial charge in [0.2, 0.25) is 0 Å². The monoisotopic (exact) mass is 697 g/mol. The van der Waals surface area contributed by atoms with Gasteiger partial charge in [-0.3, -0.25) is 0 Å². The van der Waals surface area contributed by atoms with Gasteiger partial charge in [0.05, 0.1) is 0 Å². The second kappa shape index (κ2) is 11.1. The van der Waals surface area contributed by atoms with Crippen LogP contribution in [0.15, 0.2) is 0 Å².